The van der Waals surface area contributed by atoms with Gasteiger partial charge in [-0.15, -0.1) is 23.5 Å². The average Bonchev–Trinajstić information content (AvgIpc) is 2.74. The molecule has 0 aliphatic rings. The van der Waals surface area contributed by atoms with E-state index in [9.17, 15) is 9.59 Å². The largest absolute Gasteiger partial charge is 0.316 e. The van der Waals surface area contributed by atoms with E-state index in [1.54, 1.807) is 12.1 Å². The van der Waals surface area contributed by atoms with Crippen LogP contribution in [0.4, 0.5) is 5.69 Å². The van der Waals surface area contributed by atoms with Crippen molar-refractivity contribution in [2.75, 3.05) is 17.8 Å². The Kier molecular flexibility index (Phi) is 6.54. The van der Waals surface area contributed by atoms with E-state index in [0.29, 0.717) is 16.3 Å². The first-order valence-corrected chi connectivity index (χ1v) is 11.1. The third-order valence-electron chi connectivity index (χ3n) is 4.19. The summed E-state index contributed by atoms with van der Waals surface area (Å²) in [6, 6.07) is 18.9. The average molecular weight is 409 g/mol. The molecular weight excluding hydrogens is 388 g/mol. The first-order valence-electron chi connectivity index (χ1n) is 8.64. The molecule has 0 aliphatic heterocycles. The molecule has 3 aromatic rings. The first kappa shape index (κ1) is 20.2. The van der Waals surface area contributed by atoms with Crippen LogP contribution in [0.5, 0.6) is 0 Å². The maximum atomic E-state index is 12.6. The van der Waals surface area contributed by atoms with Crippen molar-refractivity contribution in [3.63, 3.8) is 0 Å². The van der Waals surface area contributed by atoms with Crippen LogP contribution in [0.3, 0.4) is 0 Å². The van der Waals surface area contributed by atoms with Gasteiger partial charge in [0.25, 0.3) is 11.7 Å². The zero-order chi connectivity index (χ0) is 20.1. The molecule has 0 spiro atoms. The number of Topliss-reactive ketones (excluding diaryl/α,β-unsaturated/α-hetero) is 1. The van der Waals surface area contributed by atoms with Crippen molar-refractivity contribution in [3.05, 3.63) is 71.9 Å². The third-order valence-corrected chi connectivity index (χ3v) is 5.63. The highest BCUT2D eigenvalue weighted by atomic mass is 32.2. The number of aromatic nitrogens is 1. The van der Waals surface area contributed by atoms with Crippen LogP contribution in [0.15, 0.2) is 70.6 Å². The zero-order valence-corrected chi connectivity index (χ0v) is 17.5. The minimum atomic E-state index is -0.663. The van der Waals surface area contributed by atoms with E-state index in [1.165, 1.54) is 23.5 Å². The molecule has 142 valence electrons. The SMILES string of the molecule is CSc1cc(C)nc(SC)c1NC(=O)C(=O)c1ccc(-c2ccccc2)cc1. The molecule has 0 saturated carbocycles. The number of aryl methyl sites for hydroxylation is 1. The van der Waals surface area contributed by atoms with Crippen molar-refractivity contribution in [2.24, 2.45) is 0 Å². The van der Waals surface area contributed by atoms with Crippen molar-refractivity contribution in [1.29, 1.82) is 0 Å². The minimum absolute atomic E-state index is 0.355. The molecular formula is C22H20N2O2S2. The van der Waals surface area contributed by atoms with Gasteiger partial charge in [-0.3, -0.25) is 9.59 Å². The summed E-state index contributed by atoms with van der Waals surface area (Å²) in [7, 11) is 0. The highest BCUT2D eigenvalue weighted by Gasteiger charge is 2.20. The molecule has 0 unspecified atom stereocenters. The Morgan fingerprint density at radius 2 is 1.54 bits per heavy atom. The number of carbonyl (C=O) groups is 2. The van der Waals surface area contributed by atoms with Crippen molar-refractivity contribution in [2.45, 2.75) is 16.8 Å². The Bertz CT molecular complexity index is 978. The topological polar surface area (TPSA) is 59.1 Å². The van der Waals surface area contributed by atoms with Gasteiger partial charge in [0, 0.05) is 16.2 Å². The van der Waals surface area contributed by atoms with Crippen molar-refractivity contribution < 1.29 is 9.59 Å². The molecule has 1 amide bonds. The molecule has 6 heteroatoms. The van der Waals surface area contributed by atoms with E-state index < -0.39 is 11.7 Å². The van der Waals surface area contributed by atoms with E-state index in [0.717, 1.165) is 21.7 Å². The molecule has 0 atom stereocenters. The van der Waals surface area contributed by atoms with Gasteiger partial charge in [0.1, 0.15) is 5.03 Å². The Labute approximate surface area is 173 Å². The Morgan fingerprint density at radius 3 is 2.14 bits per heavy atom. The third kappa shape index (κ3) is 4.46. The number of nitrogens with zero attached hydrogens (tertiary/aromatic N) is 1. The number of carbonyl (C=O) groups excluding carboxylic acids is 2. The second kappa shape index (κ2) is 9.08. The normalized spacial score (nSPS) is 10.5. The number of pyridine rings is 1. The van der Waals surface area contributed by atoms with Crippen LogP contribution in [-0.2, 0) is 4.79 Å². The molecule has 0 radical (unpaired) electrons. The van der Waals surface area contributed by atoms with Crippen LogP contribution >= 0.6 is 23.5 Å². The molecule has 0 aliphatic carbocycles. The highest BCUT2D eigenvalue weighted by Crippen LogP contribution is 2.33. The molecule has 28 heavy (non-hydrogen) atoms. The maximum Gasteiger partial charge on any atom is 0.296 e. The number of amides is 1. The summed E-state index contributed by atoms with van der Waals surface area (Å²) >= 11 is 2.95. The predicted molar refractivity (Wildman–Crippen MR) is 117 cm³/mol. The summed E-state index contributed by atoms with van der Waals surface area (Å²) in [4.78, 5) is 30.5. The Morgan fingerprint density at radius 1 is 0.893 bits per heavy atom. The Hall–Kier alpha value is -2.57. The second-order valence-electron chi connectivity index (χ2n) is 6.08. The number of nitrogens with one attached hydrogen (secondary N) is 1. The Balaban J connectivity index is 1.81. The van der Waals surface area contributed by atoms with E-state index in [4.69, 9.17) is 0 Å². The monoisotopic (exact) mass is 408 g/mol. The smallest absolute Gasteiger partial charge is 0.296 e. The first-order chi connectivity index (χ1) is 13.5. The van der Waals surface area contributed by atoms with Crippen molar-refractivity contribution in [3.8, 4) is 11.1 Å². The van der Waals surface area contributed by atoms with Crippen LogP contribution < -0.4 is 5.32 Å². The molecule has 1 N–H and O–H groups in total. The number of hydrogen-bond donors (Lipinski definition) is 1. The van der Waals surface area contributed by atoms with Gasteiger partial charge in [0.2, 0.25) is 0 Å². The summed E-state index contributed by atoms with van der Waals surface area (Å²) in [6.07, 6.45) is 3.82. The standard InChI is InChI=1S/C22H20N2O2S2/c1-14-13-18(27-2)19(22(23-14)28-3)24-21(26)20(25)17-11-9-16(10-12-17)15-7-5-4-6-8-15/h4-13H,1-3H3,(H,24,26). The molecule has 1 aromatic heterocycles. The lowest BCUT2D eigenvalue weighted by atomic mass is 10.0. The number of ketones is 1. The van der Waals surface area contributed by atoms with E-state index in [-0.39, 0.29) is 0 Å². The fraction of sp³-hybridized carbons (Fsp3) is 0.136. The van der Waals surface area contributed by atoms with Crippen LogP contribution in [0.25, 0.3) is 11.1 Å². The number of benzene rings is 2. The summed E-state index contributed by atoms with van der Waals surface area (Å²) in [5, 5.41) is 3.46. The van der Waals surface area contributed by atoms with E-state index in [1.807, 2.05) is 68.0 Å². The van der Waals surface area contributed by atoms with Gasteiger partial charge in [-0.25, -0.2) is 4.98 Å². The minimum Gasteiger partial charge on any atom is -0.316 e. The quantitative estimate of drug-likeness (QED) is 0.340. The molecule has 2 aromatic carbocycles. The predicted octanol–water partition coefficient (Wildman–Crippen LogP) is 5.32. The molecule has 0 bridgehead atoms. The van der Waals surface area contributed by atoms with Gasteiger partial charge >= 0.3 is 0 Å². The van der Waals surface area contributed by atoms with Crippen molar-refractivity contribution in [1.82, 2.24) is 4.98 Å². The lowest BCUT2D eigenvalue weighted by Crippen LogP contribution is -2.23. The van der Waals surface area contributed by atoms with Crippen LogP contribution in [0.2, 0.25) is 0 Å². The molecule has 0 saturated heterocycles. The summed E-state index contributed by atoms with van der Waals surface area (Å²) in [5.41, 5.74) is 3.87. The van der Waals surface area contributed by atoms with Gasteiger partial charge in [0.15, 0.2) is 0 Å². The van der Waals surface area contributed by atoms with E-state index >= 15 is 0 Å². The van der Waals surface area contributed by atoms with Crippen molar-refractivity contribution >= 4 is 40.9 Å². The van der Waals surface area contributed by atoms with Gasteiger partial charge < -0.3 is 5.32 Å². The maximum absolute atomic E-state index is 12.6. The zero-order valence-electron chi connectivity index (χ0n) is 15.9. The number of hydrogen-bond acceptors (Lipinski definition) is 5. The fourth-order valence-corrected chi connectivity index (χ4v) is 4.09. The second-order valence-corrected chi connectivity index (χ2v) is 7.72. The summed E-state index contributed by atoms with van der Waals surface area (Å²) < 4.78 is 0. The number of rotatable bonds is 6. The van der Waals surface area contributed by atoms with Gasteiger partial charge in [-0.05, 0) is 36.6 Å². The lowest BCUT2D eigenvalue weighted by Gasteiger charge is -2.13. The molecule has 3 rings (SSSR count). The van der Waals surface area contributed by atoms with E-state index in [2.05, 4.69) is 10.3 Å². The van der Waals surface area contributed by atoms with Crippen LogP contribution in [0.1, 0.15) is 16.1 Å². The van der Waals surface area contributed by atoms with Crippen LogP contribution in [-0.4, -0.2) is 29.2 Å². The van der Waals surface area contributed by atoms with Crippen LogP contribution in [0, 0.1) is 6.92 Å². The molecule has 4 nitrogen and oxygen atoms in total. The summed E-state index contributed by atoms with van der Waals surface area (Å²) in [5.74, 6) is -1.23. The fourth-order valence-electron chi connectivity index (χ4n) is 2.79. The number of thioether (sulfide) groups is 2. The summed E-state index contributed by atoms with van der Waals surface area (Å²) in [6.45, 7) is 1.91. The van der Waals surface area contributed by atoms with Gasteiger partial charge in [0.05, 0.1) is 5.69 Å². The lowest BCUT2D eigenvalue weighted by molar-refractivity contribution is -0.112. The molecule has 1 heterocycles. The van der Waals surface area contributed by atoms with Gasteiger partial charge in [-0.2, -0.15) is 0 Å². The number of anilines is 1. The van der Waals surface area contributed by atoms with Gasteiger partial charge in [-0.1, -0.05) is 54.6 Å². The molecule has 0 fully saturated rings. The highest BCUT2D eigenvalue weighted by molar-refractivity contribution is 7.99.